The van der Waals surface area contributed by atoms with Gasteiger partial charge in [0.1, 0.15) is 5.01 Å². The molecular formula is C27H26N2O3S. The molecule has 1 amide bonds. The fourth-order valence-corrected chi connectivity index (χ4v) is 6.07. The maximum Gasteiger partial charge on any atom is 0.290 e. The number of aliphatic hydroxyl groups excluding tert-OH is 1. The molecule has 5 rings (SSSR count). The number of amides is 1. The molecule has 33 heavy (non-hydrogen) atoms. The SMILES string of the molecule is Cc1ccccc1C1C(C(=O)c2sc(-c3ccccc3)nc2C)=C(O)C(=O)N1C1CCCC1. The molecular weight excluding hydrogens is 432 g/mol. The van der Waals surface area contributed by atoms with E-state index in [2.05, 4.69) is 4.98 Å². The second-order valence-corrected chi connectivity index (χ2v) is 9.80. The second-order valence-electron chi connectivity index (χ2n) is 8.80. The van der Waals surface area contributed by atoms with Gasteiger partial charge in [-0.25, -0.2) is 4.98 Å². The van der Waals surface area contributed by atoms with Crippen LogP contribution >= 0.6 is 11.3 Å². The molecule has 1 aromatic heterocycles. The zero-order valence-corrected chi connectivity index (χ0v) is 19.6. The summed E-state index contributed by atoms with van der Waals surface area (Å²) in [5.74, 6) is -1.18. The van der Waals surface area contributed by atoms with Crippen molar-refractivity contribution in [2.24, 2.45) is 0 Å². The van der Waals surface area contributed by atoms with Gasteiger partial charge in [-0.3, -0.25) is 9.59 Å². The van der Waals surface area contributed by atoms with E-state index in [9.17, 15) is 14.7 Å². The van der Waals surface area contributed by atoms with Crippen LogP contribution in [0, 0.1) is 13.8 Å². The molecule has 5 nitrogen and oxygen atoms in total. The number of aromatic nitrogens is 1. The molecule has 0 bridgehead atoms. The zero-order chi connectivity index (χ0) is 23.1. The van der Waals surface area contributed by atoms with Gasteiger partial charge in [-0.05, 0) is 37.8 Å². The van der Waals surface area contributed by atoms with Gasteiger partial charge in [-0.1, -0.05) is 67.4 Å². The lowest BCUT2D eigenvalue weighted by molar-refractivity contribution is -0.131. The first-order valence-corrected chi connectivity index (χ1v) is 12.2. The van der Waals surface area contributed by atoms with E-state index in [0.717, 1.165) is 47.4 Å². The number of aliphatic hydroxyl groups is 1. The van der Waals surface area contributed by atoms with Crippen molar-refractivity contribution in [3.63, 3.8) is 0 Å². The molecule has 1 N–H and O–H groups in total. The maximum atomic E-state index is 13.9. The van der Waals surface area contributed by atoms with Crippen LogP contribution in [-0.4, -0.2) is 32.7 Å². The van der Waals surface area contributed by atoms with E-state index < -0.39 is 17.7 Å². The monoisotopic (exact) mass is 458 g/mol. The third-order valence-corrected chi connectivity index (χ3v) is 7.92. The highest BCUT2D eigenvalue weighted by atomic mass is 32.1. The fraction of sp³-hybridized carbons (Fsp3) is 0.296. The number of thiazole rings is 1. The van der Waals surface area contributed by atoms with E-state index in [1.807, 2.05) is 68.4 Å². The third-order valence-electron chi connectivity index (χ3n) is 6.71. The number of carbonyl (C=O) groups is 2. The van der Waals surface area contributed by atoms with Crippen LogP contribution in [0.2, 0.25) is 0 Å². The van der Waals surface area contributed by atoms with Crippen LogP contribution in [0.1, 0.15) is 58.2 Å². The Bertz CT molecular complexity index is 1260. The summed E-state index contributed by atoms with van der Waals surface area (Å²) in [7, 11) is 0. The number of hydrogen-bond acceptors (Lipinski definition) is 5. The first-order valence-electron chi connectivity index (χ1n) is 11.4. The summed E-state index contributed by atoms with van der Waals surface area (Å²) in [5.41, 5.74) is 3.60. The Morgan fingerprint density at radius 3 is 2.39 bits per heavy atom. The van der Waals surface area contributed by atoms with Crippen molar-refractivity contribution in [2.75, 3.05) is 0 Å². The van der Waals surface area contributed by atoms with Gasteiger partial charge in [0, 0.05) is 11.6 Å². The Balaban J connectivity index is 1.61. The van der Waals surface area contributed by atoms with Crippen LogP contribution < -0.4 is 0 Å². The summed E-state index contributed by atoms with van der Waals surface area (Å²) < 4.78 is 0. The van der Waals surface area contributed by atoms with Gasteiger partial charge in [0.2, 0.25) is 5.78 Å². The summed E-state index contributed by atoms with van der Waals surface area (Å²) in [6, 6.07) is 17.0. The van der Waals surface area contributed by atoms with E-state index in [1.54, 1.807) is 4.90 Å². The predicted molar refractivity (Wildman–Crippen MR) is 129 cm³/mol. The van der Waals surface area contributed by atoms with Gasteiger partial charge in [0.25, 0.3) is 5.91 Å². The van der Waals surface area contributed by atoms with Crippen molar-refractivity contribution in [1.82, 2.24) is 9.88 Å². The molecule has 168 valence electrons. The number of nitrogens with zero attached hydrogens (tertiary/aromatic N) is 2. The highest BCUT2D eigenvalue weighted by Crippen LogP contribution is 2.45. The van der Waals surface area contributed by atoms with Gasteiger partial charge in [-0.15, -0.1) is 11.3 Å². The van der Waals surface area contributed by atoms with E-state index in [1.165, 1.54) is 11.3 Å². The van der Waals surface area contributed by atoms with Crippen molar-refractivity contribution in [3.05, 3.63) is 87.6 Å². The van der Waals surface area contributed by atoms with Gasteiger partial charge < -0.3 is 10.0 Å². The van der Waals surface area contributed by atoms with Crippen LogP contribution in [0.3, 0.4) is 0 Å². The molecule has 2 heterocycles. The number of aryl methyl sites for hydroxylation is 2. The highest BCUT2D eigenvalue weighted by Gasteiger charge is 2.48. The number of ketones is 1. The minimum Gasteiger partial charge on any atom is -0.503 e. The zero-order valence-electron chi connectivity index (χ0n) is 18.7. The topological polar surface area (TPSA) is 70.5 Å². The minimum absolute atomic E-state index is 0.0250. The van der Waals surface area contributed by atoms with Crippen LogP contribution in [0.25, 0.3) is 10.6 Å². The molecule has 0 spiro atoms. The molecule has 1 fully saturated rings. The van der Waals surface area contributed by atoms with Crippen LogP contribution in [-0.2, 0) is 4.79 Å². The number of rotatable bonds is 5. The Hall–Kier alpha value is -3.25. The molecule has 6 heteroatoms. The summed E-state index contributed by atoms with van der Waals surface area (Å²) in [6.07, 6.45) is 3.88. The quantitative estimate of drug-likeness (QED) is 0.480. The molecule has 2 aliphatic rings. The predicted octanol–water partition coefficient (Wildman–Crippen LogP) is 5.95. The van der Waals surface area contributed by atoms with Crippen LogP contribution in [0.15, 0.2) is 65.9 Å². The Morgan fingerprint density at radius 1 is 1.03 bits per heavy atom. The van der Waals surface area contributed by atoms with E-state index >= 15 is 0 Å². The summed E-state index contributed by atoms with van der Waals surface area (Å²) in [6.45, 7) is 3.79. The number of hydrogen-bond donors (Lipinski definition) is 1. The third kappa shape index (κ3) is 3.68. The second kappa shape index (κ2) is 8.60. The smallest absolute Gasteiger partial charge is 0.290 e. The lowest BCUT2D eigenvalue weighted by Crippen LogP contribution is -2.39. The van der Waals surface area contributed by atoms with Crippen molar-refractivity contribution in [2.45, 2.75) is 51.6 Å². The molecule has 0 saturated heterocycles. The minimum atomic E-state index is -0.587. The molecule has 3 aromatic rings. The number of Topliss-reactive ketones (excluding diaryl/α,β-unsaturated/α-hetero) is 1. The average Bonchev–Trinajstić information content (AvgIpc) is 3.54. The van der Waals surface area contributed by atoms with E-state index in [0.29, 0.717) is 10.6 Å². The molecule has 1 atom stereocenters. The first-order chi connectivity index (χ1) is 16.0. The molecule has 1 aliphatic carbocycles. The summed E-state index contributed by atoms with van der Waals surface area (Å²) >= 11 is 1.31. The molecule has 2 aromatic carbocycles. The lowest BCUT2D eigenvalue weighted by atomic mass is 9.91. The highest BCUT2D eigenvalue weighted by molar-refractivity contribution is 7.17. The normalized spacial score (nSPS) is 19.0. The van der Waals surface area contributed by atoms with Crippen LogP contribution in [0.5, 0.6) is 0 Å². The van der Waals surface area contributed by atoms with Gasteiger partial charge in [-0.2, -0.15) is 0 Å². The summed E-state index contributed by atoms with van der Waals surface area (Å²) in [4.78, 5) is 34.0. The number of benzene rings is 2. The van der Waals surface area contributed by atoms with Gasteiger partial charge in [0.15, 0.2) is 5.76 Å². The van der Waals surface area contributed by atoms with E-state index in [-0.39, 0.29) is 17.4 Å². The maximum absolute atomic E-state index is 13.9. The Labute approximate surface area is 197 Å². The van der Waals surface area contributed by atoms with Crippen molar-refractivity contribution >= 4 is 23.0 Å². The summed E-state index contributed by atoms with van der Waals surface area (Å²) in [5, 5.41) is 11.8. The Morgan fingerprint density at radius 2 is 1.70 bits per heavy atom. The Kier molecular flexibility index (Phi) is 5.62. The van der Waals surface area contributed by atoms with E-state index in [4.69, 9.17) is 0 Å². The first kappa shape index (κ1) is 21.6. The van der Waals surface area contributed by atoms with Crippen molar-refractivity contribution in [3.8, 4) is 10.6 Å². The molecule has 0 radical (unpaired) electrons. The van der Waals surface area contributed by atoms with Gasteiger partial charge in [0.05, 0.1) is 22.2 Å². The van der Waals surface area contributed by atoms with Crippen molar-refractivity contribution in [1.29, 1.82) is 0 Å². The molecule has 1 saturated carbocycles. The molecule has 1 unspecified atom stereocenters. The largest absolute Gasteiger partial charge is 0.503 e. The van der Waals surface area contributed by atoms with Gasteiger partial charge >= 0.3 is 0 Å². The fourth-order valence-electron chi connectivity index (χ4n) is 5.05. The lowest BCUT2D eigenvalue weighted by Gasteiger charge is -2.32. The van der Waals surface area contributed by atoms with Crippen molar-refractivity contribution < 1.29 is 14.7 Å². The number of carbonyl (C=O) groups excluding carboxylic acids is 2. The van der Waals surface area contributed by atoms with Crippen LogP contribution in [0.4, 0.5) is 0 Å². The molecule has 1 aliphatic heterocycles. The standard InChI is InChI=1S/C27H26N2O3S/c1-16-10-6-9-15-20(16)22-21(24(31)27(32)29(22)19-13-7-8-14-19)23(30)25-17(2)28-26(33-25)18-11-4-3-5-12-18/h3-6,9-12,15,19,22,31H,7-8,13-14H2,1-2H3. The average molecular weight is 459 g/mol.